The monoisotopic (exact) mass is 194 g/mol. The van der Waals surface area contributed by atoms with Gasteiger partial charge < -0.3 is 35.4 Å². The first kappa shape index (κ1) is 67.3. The average molecular weight is 195 g/mol. The molecule has 56 valence electrons. The molecule has 0 atom stereocenters. The van der Waals surface area contributed by atoms with Crippen LogP contribution in [0.15, 0.2) is 0 Å². The summed E-state index contributed by atoms with van der Waals surface area (Å²) in [4.78, 5) is 0. The van der Waals surface area contributed by atoms with Crippen LogP contribution < -0.4 is 0 Å². The van der Waals surface area contributed by atoms with E-state index in [1.54, 1.807) is 6.92 Å². The second-order valence-electron chi connectivity index (χ2n) is 0.354. The molecule has 0 aliphatic rings. The molecule has 0 bridgehead atoms. The van der Waals surface area contributed by atoms with Crippen molar-refractivity contribution < 1.29 is 26.2 Å². The van der Waals surface area contributed by atoms with E-state index < -0.39 is 0 Å². The van der Waals surface area contributed by atoms with Gasteiger partial charge in [0.2, 0.25) is 0 Å². The van der Waals surface area contributed by atoms with E-state index in [0.29, 0.717) is 6.54 Å². The number of rotatable bonds is 0. The third kappa shape index (κ3) is 329. The van der Waals surface area contributed by atoms with Crippen LogP contribution in [0.25, 0.3) is 5.73 Å². The predicted molar refractivity (Wildman–Crippen MR) is 40.5 cm³/mol. The van der Waals surface area contributed by atoms with Crippen LogP contribution in [0.5, 0.6) is 0 Å². The molecule has 1 nitrogen and oxygen atoms in total. The predicted octanol–water partition coefficient (Wildman–Crippen LogP) is 2.86. The average Bonchev–Trinajstić information content (AvgIpc) is 0.918. The molecule has 2 heteroatoms. The maximum atomic E-state index is 6.21. The molecule has 0 fully saturated rings. The minimum Gasteiger partial charge on any atom is -0.678 e. The van der Waals surface area contributed by atoms with Gasteiger partial charge in [0.05, 0.1) is 0 Å². The third-order valence-corrected chi connectivity index (χ3v) is 0. The van der Waals surface area contributed by atoms with Crippen molar-refractivity contribution in [3.8, 4) is 0 Å². The van der Waals surface area contributed by atoms with E-state index in [-0.39, 0.29) is 55.9 Å². The molecular formula is C6H18NZr-5. The van der Waals surface area contributed by atoms with Gasteiger partial charge in [-0.25, -0.2) is 0 Å². The fourth-order valence-corrected chi connectivity index (χ4v) is 0. The van der Waals surface area contributed by atoms with Crippen LogP contribution in [0.2, 0.25) is 0 Å². The van der Waals surface area contributed by atoms with E-state index >= 15 is 0 Å². The van der Waals surface area contributed by atoms with E-state index in [1.807, 2.05) is 0 Å². The Morgan fingerprint density at radius 2 is 1.00 bits per heavy atom. The second kappa shape index (κ2) is 108. The zero-order valence-electron chi connectivity index (χ0n) is 6.71. The molecule has 0 saturated carbocycles. The maximum absolute atomic E-state index is 6.21. The SMILES string of the molecule is CC[NH-].[CH3-].[CH3-].[CH3-].[CH3-].[Zr]. The van der Waals surface area contributed by atoms with Crippen molar-refractivity contribution in [2.45, 2.75) is 6.92 Å². The Balaban J connectivity index is -0.00000000200. The fourth-order valence-electron chi connectivity index (χ4n) is 0. The standard InChI is InChI=1S/C2H6N.4CH3.Zr/c1-2-3;;;;;/h3H,2H2,1H3;4*1H3;/q5*-1;. The summed E-state index contributed by atoms with van der Waals surface area (Å²) in [6, 6.07) is 0. The third-order valence-electron chi connectivity index (χ3n) is 0. The molecular weight excluding hydrogens is 177 g/mol. The molecule has 0 saturated heterocycles. The minimum absolute atomic E-state index is 0. The van der Waals surface area contributed by atoms with Gasteiger partial charge in [-0.2, -0.15) is 6.54 Å². The van der Waals surface area contributed by atoms with E-state index in [4.69, 9.17) is 5.73 Å². The second-order valence-corrected chi connectivity index (χ2v) is 0.354. The van der Waals surface area contributed by atoms with E-state index in [2.05, 4.69) is 0 Å². The van der Waals surface area contributed by atoms with Crippen LogP contribution in [0.4, 0.5) is 0 Å². The molecule has 0 aromatic rings. The first-order valence-electron chi connectivity index (χ1n) is 1.06. The fraction of sp³-hybridized carbons (Fsp3) is 0.333. The Bertz CT molecular complexity index is 8.49. The Hall–Kier alpha value is 0.843. The number of hydrogen-bond donors (Lipinski definition) is 0. The summed E-state index contributed by atoms with van der Waals surface area (Å²) in [7, 11) is 0. The van der Waals surface area contributed by atoms with Crippen molar-refractivity contribution in [2.24, 2.45) is 0 Å². The van der Waals surface area contributed by atoms with Crippen LogP contribution in [0, 0.1) is 29.7 Å². The Morgan fingerprint density at radius 3 is 1.00 bits per heavy atom. The summed E-state index contributed by atoms with van der Waals surface area (Å²) in [6.07, 6.45) is 0. The first-order valence-corrected chi connectivity index (χ1v) is 1.06. The van der Waals surface area contributed by atoms with Crippen LogP contribution in [0.1, 0.15) is 6.92 Å². The molecule has 0 aliphatic carbocycles. The van der Waals surface area contributed by atoms with Gasteiger partial charge in [-0.3, -0.25) is 0 Å². The Kier molecular flexibility index (Phi) is 909. The van der Waals surface area contributed by atoms with Gasteiger partial charge in [-0.05, 0) is 0 Å². The summed E-state index contributed by atoms with van der Waals surface area (Å²) in [6.45, 7) is 2.29. The van der Waals surface area contributed by atoms with Gasteiger partial charge in [0, 0.05) is 26.2 Å². The Labute approximate surface area is 75.2 Å². The van der Waals surface area contributed by atoms with Crippen molar-refractivity contribution >= 4 is 0 Å². The van der Waals surface area contributed by atoms with Crippen LogP contribution in [0.3, 0.4) is 0 Å². The summed E-state index contributed by atoms with van der Waals surface area (Å²) >= 11 is 0. The summed E-state index contributed by atoms with van der Waals surface area (Å²) in [5, 5.41) is 0. The number of nitrogens with one attached hydrogen (secondary N) is 1. The normalized spacial score (nSPS) is 2.25. The van der Waals surface area contributed by atoms with Gasteiger partial charge in [0.1, 0.15) is 0 Å². The van der Waals surface area contributed by atoms with E-state index in [9.17, 15) is 0 Å². The van der Waals surface area contributed by atoms with Crippen LogP contribution in [-0.2, 0) is 26.2 Å². The molecule has 0 unspecified atom stereocenters. The van der Waals surface area contributed by atoms with Crippen LogP contribution in [-0.4, -0.2) is 6.54 Å². The zero-order valence-corrected chi connectivity index (χ0v) is 9.17. The summed E-state index contributed by atoms with van der Waals surface area (Å²) < 4.78 is 0. The molecule has 0 aliphatic heterocycles. The quantitative estimate of drug-likeness (QED) is 0.531. The molecule has 0 aromatic heterocycles. The molecule has 0 aromatic carbocycles. The van der Waals surface area contributed by atoms with Gasteiger partial charge in [-0.15, -0.1) is 0 Å². The number of hydrogen-bond acceptors (Lipinski definition) is 0. The molecule has 0 radical (unpaired) electrons. The van der Waals surface area contributed by atoms with Gasteiger partial charge in [0.25, 0.3) is 0 Å². The first-order chi connectivity index (χ1) is 1.41. The van der Waals surface area contributed by atoms with E-state index in [1.165, 1.54) is 0 Å². The molecule has 0 amide bonds. The molecule has 0 rings (SSSR count). The van der Waals surface area contributed by atoms with Crippen molar-refractivity contribution in [3.63, 3.8) is 0 Å². The smallest absolute Gasteiger partial charge is 0 e. The van der Waals surface area contributed by atoms with Gasteiger partial charge in [-0.1, -0.05) is 6.92 Å². The van der Waals surface area contributed by atoms with E-state index in [0.717, 1.165) is 0 Å². The van der Waals surface area contributed by atoms with Crippen molar-refractivity contribution in [2.75, 3.05) is 6.54 Å². The molecule has 0 heterocycles. The zero-order chi connectivity index (χ0) is 2.71. The summed E-state index contributed by atoms with van der Waals surface area (Å²) in [5.41, 5.74) is 6.21. The minimum atomic E-state index is 0. The van der Waals surface area contributed by atoms with Crippen LogP contribution >= 0.6 is 0 Å². The molecule has 8 heavy (non-hydrogen) atoms. The Morgan fingerprint density at radius 1 is 1.00 bits per heavy atom. The summed E-state index contributed by atoms with van der Waals surface area (Å²) in [5.74, 6) is 0. The largest absolute Gasteiger partial charge is 0.678 e. The topological polar surface area (TPSA) is 23.8 Å². The molecule has 0 spiro atoms. The molecule has 1 N–H and O–H groups in total. The maximum Gasteiger partial charge on any atom is 0 e. The van der Waals surface area contributed by atoms with Crippen molar-refractivity contribution in [1.29, 1.82) is 0 Å². The van der Waals surface area contributed by atoms with Gasteiger partial charge >= 0.3 is 0 Å². The van der Waals surface area contributed by atoms with Crippen molar-refractivity contribution in [1.82, 2.24) is 0 Å². The van der Waals surface area contributed by atoms with Gasteiger partial charge in [0.15, 0.2) is 0 Å². The van der Waals surface area contributed by atoms with Crippen molar-refractivity contribution in [3.05, 3.63) is 35.4 Å².